The Balaban J connectivity index is 2.59. The predicted molar refractivity (Wildman–Crippen MR) is 56.8 cm³/mol. The minimum absolute atomic E-state index is 0.0450. The first kappa shape index (κ1) is 11.4. The zero-order chi connectivity index (χ0) is 11.5. The Kier molecular flexibility index (Phi) is 3.19. The van der Waals surface area contributed by atoms with Gasteiger partial charge in [0.1, 0.15) is 11.4 Å². The standard InChI is InChI=1S/C11H14NO3/c1-11(2,3)15-10(14)12-8-5-4-6-9(13)7-8/h5-7,13H,1-3H3,(H,12,14). The number of phenols is 1. The predicted octanol–water partition coefficient (Wildman–Crippen LogP) is 2.54. The molecule has 1 radical (unpaired) electrons. The highest BCUT2D eigenvalue weighted by atomic mass is 16.6. The van der Waals surface area contributed by atoms with E-state index in [1.165, 1.54) is 12.1 Å². The Hall–Kier alpha value is -1.71. The van der Waals surface area contributed by atoms with Gasteiger partial charge in [0.2, 0.25) is 0 Å². The van der Waals surface area contributed by atoms with Crippen LogP contribution in [-0.4, -0.2) is 16.8 Å². The summed E-state index contributed by atoms with van der Waals surface area (Å²) in [4.78, 5) is 11.3. The van der Waals surface area contributed by atoms with Gasteiger partial charge in [0, 0.05) is 11.8 Å². The molecule has 1 aromatic carbocycles. The second-order valence-corrected chi connectivity index (χ2v) is 4.11. The van der Waals surface area contributed by atoms with Crippen LogP contribution in [0.4, 0.5) is 10.5 Å². The number of hydrogen-bond acceptors (Lipinski definition) is 3. The molecular formula is C11H14NO3. The zero-order valence-electron chi connectivity index (χ0n) is 9.00. The Morgan fingerprint density at radius 2 is 2.13 bits per heavy atom. The van der Waals surface area contributed by atoms with Crippen LogP contribution >= 0.6 is 0 Å². The Morgan fingerprint density at radius 3 is 2.67 bits per heavy atom. The lowest BCUT2D eigenvalue weighted by Gasteiger charge is -2.19. The molecule has 1 aromatic rings. The van der Waals surface area contributed by atoms with E-state index in [4.69, 9.17) is 9.84 Å². The van der Waals surface area contributed by atoms with Crippen molar-refractivity contribution in [2.75, 3.05) is 5.32 Å². The molecule has 0 saturated carbocycles. The Morgan fingerprint density at radius 1 is 1.47 bits per heavy atom. The number of phenolic OH excluding ortho intramolecular Hbond substituents is 1. The second kappa shape index (κ2) is 4.21. The third-order valence-corrected chi connectivity index (χ3v) is 1.42. The van der Waals surface area contributed by atoms with E-state index in [0.717, 1.165) is 0 Å². The van der Waals surface area contributed by atoms with E-state index in [1.54, 1.807) is 26.8 Å². The fraction of sp³-hybridized carbons (Fsp3) is 0.364. The lowest BCUT2D eigenvalue weighted by Crippen LogP contribution is -2.27. The van der Waals surface area contributed by atoms with E-state index in [0.29, 0.717) is 5.69 Å². The van der Waals surface area contributed by atoms with Gasteiger partial charge in [-0.25, -0.2) is 4.79 Å². The summed E-state index contributed by atoms with van der Waals surface area (Å²) < 4.78 is 5.04. The van der Waals surface area contributed by atoms with E-state index in [1.807, 2.05) is 0 Å². The van der Waals surface area contributed by atoms with Gasteiger partial charge < -0.3 is 9.84 Å². The molecule has 0 unspecified atom stereocenters. The summed E-state index contributed by atoms with van der Waals surface area (Å²) in [7, 11) is 0. The molecule has 0 bridgehead atoms. The maximum atomic E-state index is 11.3. The minimum Gasteiger partial charge on any atom is -0.508 e. The zero-order valence-corrected chi connectivity index (χ0v) is 9.00. The SMILES string of the molecule is CC(C)(C)OC(=O)Nc1c[c]cc(O)c1. The van der Waals surface area contributed by atoms with Crippen LogP contribution in [0.1, 0.15) is 20.8 Å². The van der Waals surface area contributed by atoms with E-state index in [2.05, 4.69) is 11.4 Å². The molecule has 4 heteroatoms. The molecule has 0 aliphatic heterocycles. The number of amides is 1. The van der Waals surface area contributed by atoms with Gasteiger partial charge in [-0.1, -0.05) is 0 Å². The number of nitrogens with one attached hydrogen (secondary N) is 1. The van der Waals surface area contributed by atoms with Crippen molar-refractivity contribution in [2.24, 2.45) is 0 Å². The maximum Gasteiger partial charge on any atom is 0.412 e. The van der Waals surface area contributed by atoms with Crippen LogP contribution in [0.3, 0.4) is 0 Å². The average molecular weight is 208 g/mol. The summed E-state index contributed by atoms with van der Waals surface area (Å²) in [6.07, 6.45) is -0.554. The van der Waals surface area contributed by atoms with Crippen LogP contribution in [0.2, 0.25) is 0 Å². The average Bonchev–Trinajstić information content (AvgIpc) is 1.99. The van der Waals surface area contributed by atoms with Crippen LogP contribution in [0.15, 0.2) is 18.2 Å². The molecule has 0 saturated heterocycles. The number of carbonyl (C=O) groups excluding carboxylic acids is 1. The number of ether oxygens (including phenoxy) is 1. The van der Waals surface area contributed by atoms with Crippen LogP contribution in [0.5, 0.6) is 5.75 Å². The van der Waals surface area contributed by atoms with E-state index in [-0.39, 0.29) is 5.75 Å². The third-order valence-electron chi connectivity index (χ3n) is 1.42. The topological polar surface area (TPSA) is 58.6 Å². The van der Waals surface area contributed by atoms with E-state index in [9.17, 15) is 4.79 Å². The van der Waals surface area contributed by atoms with Crippen LogP contribution in [0.25, 0.3) is 0 Å². The van der Waals surface area contributed by atoms with Crippen molar-refractivity contribution in [1.29, 1.82) is 0 Å². The first-order valence-corrected chi connectivity index (χ1v) is 4.57. The number of rotatable bonds is 1. The van der Waals surface area contributed by atoms with Gasteiger partial charge in [0.25, 0.3) is 0 Å². The molecule has 0 spiro atoms. The minimum atomic E-state index is -0.554. The Labute approximate surface area is 88.9 Å². The summed E-state index contributed by atoms with van der Waals surface area (Å²) in [5.41, 5.74) is -0.0887. The van der Waals surface area contributed by atoms with Crippen molar-refractivity contribution in [3.05, 3.63) is 24.3 Å². The summed E-state index contributed by atoms with van der Waals surface area (Å²) in [6.45, 7) is 5.34. The first-order valence-electron chi connectivity index (χ1n) is 4.57. The van der Waals surface area contributed by atoms with Crippen molar-refractivity contribution in [3.63, 3.8) is 0 Å². The molecule has 1 amide bonds. The highest BCUT2D eigenvalue weighted by molar-refractivity contribution is 5.85. The molecule has 0 aliphatic carbocycles. The fourth-order valence-corrected chi connectivity index (χ4v) is 0.953. The number of carbonyl (C=O) groups is 1. The number of anilines is 1. The van der Waals surface area contributed by atoms with Crippen molar-refractivity contribution in [2.45, 2.75) is 26.4 Å². The summed E-state index contributed by atoms with van der Waals surface area (Å²) in [6, 6.07) is 7.04. The monoisotopic (exact) mass is 208 g/mol. The van der Waals surface area contributed by atoms with Crippen molar-refractivity contribution < 1.29 is 14.6 Å². The quantitative estimate of drug-likeness (QED) is 0.745. The van der Waals surface area contributed by atoms with Gasteiger partial charge in [-0.15, -0.1) is 0 Å². The molecule has 2 N–H and O–H groups in total. The van der Waals surface area contributed by atoms with Gasteiger partial charge in [-0.2, -0.15) is 0 Å². The van der Waals surface area contributed by atoms with E-state index >= 15 is 0 Å². The van der Waals surface area contributed by atoms with Gasteiger partial charge in [-0.3, -0.25) is 5.32 Å². The third kappa shape index (κ3) is 4.35. The van der Waals surface area contributed by atoms with Crippen LogP contribution in [-0.2, 0) is 4.74 Å². The molecule has 1 rings (SSSR count). The summed E-state index contributed by atoms with van der Waals surface area (Å²) in [5.74, 6) is 0.0450. The van der Waals surface area contributed by atoms with Crippen LogP contribution in [0, 0.1) is 6.07 Å². The summed E-state index contributed by atoms with van der Waals surface area (Å²) in [5, 5.41) is 11.6. The van der Waals surface area contributed by atoms with Crippen molar-refractivity contribution in [3.8, 4) is 5.75 Å². The normalized spacial score (nSPS) is 10.9. The lowest BCUT2D eigenvalue weighted by molar-refractivity contribution is 0.0636. The number of aromatic hydroxyl groups is 1. The van der Waals surface area contributed by atoms with Crippen molar-refractivity contribution >= 4 is 11.8 Å². The highest BCUT2D eigenvalue weighted by Crippen LogP contribution is 2.16. The molecule has 81 valence electrons. The van der Waals surface area contributed by atoms with Crippen molar-refractivity contribution in [1.82, 2.24) is 0 Å². The van der Waals surface area contributed by atoms with Gasteiger partial charge in [0.15, 0.2) is 0 Å². The molecule has 0 fully saturated rings. The molecular weight excluding hydrogens is 194 g/mol. The van der Waals surface area contributed by atoms with Gasteiger partial charge in [-0.05, 0) is 39.0 Å². The van der Waals surface area contributed by atoms with Crippen LogP contribution < -0.4 is 5.32 Å². The maximum absolute atomic E-state index is 11.3. The Bertz CT molecular complexity index is 355. The molecule has 4 nitrogen and oxygen atoms in total. The molecule has 0 atom stereocenters. The molecule has 0 aliphatic rings. The number of benzene rings is 1. The molecule has 0 heterocycles. The lowest BCUT2D eigenvalue weighted by atomic mass is 10.2. The smallest absolute Gasteiger partial charge is 0.412 e. The van der Waals surface area contributed by atoms with Gasteiger partial charge in [0.05, 0.1) is 0 Å². The van der Waals surface area contributed by atoms with E-state index < -0.39 is 11.7 Å². The number of hydrogen-bond donors (Lipinski definition) is 2. The largest absolute Gasteiger partial charge is 0.508 e. The highest BCUT2D eigenvalue weighted by Gasteiger charge is 2.16. The second-order valence-electron chi connectivity index (χ2n) is 4.11. The first-order chi connectivity index (χ1) is 6.87. The summed E-state index contributed by atoms with van der Waals surface area (Å²) >= 11 is 0. The van der Waals surface area contributed by atoms with Gasteiger partial charge >= 0.3 is 6.09 Å². The molecule has 0 aromatic heterocycles. The molecule has 15 heavy (non-hydrogen) atoms. The fourth-order valence-electron chi connectivity index (χ4n) is 0.953.